The summed E-state index contributed by atoms with van der Waals surface area (Å²) in [7, 11) is 0. The molecule has 0 unspecified atom stereocenters. The normalized spacial score (nSPS) is 11.2. The molecule has 0 fully saturated rings. The summed E-state index contributed by atoms with van der Waals surface area (Å²) in [6.45, 7) is 0. The number of aldehydes is 1. The summed E-state index contributed by atoms with van der Waals surface area (Å²) in [4.78, 5) is 13.4. The number of aromatic nitrogens is 1. The van der Waals surface area contributed by atoms with Crippen LogP contribution in [-0.2, 0) is 0 Å². The first-order valence-corrected chi connectivity index (χ1v) is 4.47. The van der Waals surface area contributed by atoms with Crippen LogP contribution in [0.15, 0.2) is 28.7 Å². The van der Waals surface area contributed by atoms with Gasteiger partial charge in [0.05, 0.1) is 5.69 Å². The molecule has 4 heteroatoms. The lowest BCUT2D eigenvalue weighted by atomic mass is 10.2. The van der Waals surface area contributed by atoms with Crippen LogP contribution in [-0.4, -0.2) is 16.4 Å². The Balaban J connectivity index is 2.47. The largest absolute Gasteiger partial charge is 0.508 e. The van der Waals surface area contributed by atoms with Crippen molar-refractivity contribution in [1.82, 2.24) is 4.98 Å². The van der Waals surface area contributed by atoms with Gasteiger partial charge in [0.25, 0.3) is 0 Å². The van der Waals surface area contributed by atoms with Gasteiger partial charge in [0, 0.05) is 10.8 Å². The van der Waals surface area contributed by atoms with Gasteiger partial charge in [0.1, 0.15) is 11.3 Å². The molecule has 0 aliphatic carbocycles. The third-order valence-corrected chi connectivity index (χ3v) is 2.39. The van der Waals surface area contributed by atoms with Crippen LogP contribution in [0.25, 0.3) is 22.1 Å². The first-order valence-electron chi connectivity index (χ1n) is 4.47. The molecule has 2 N–H and O–H groups in total. The molecule has 0 spiro atoms. The molecule has 0 saturated heterocycles. The van der Waals surface area contributed by atoms with Gasteiger partial charge < -0.3 is 14.5 Å². The summed E-state index contributed by atoms with van der Waals surface area (Å²) < 4.78 is 5.46. The molecule has 74 valence electrons. The maximum absolute atomic E-state index is 10.6. The minimum atomic E-state index is 0.180. The number of phenols is 1. The average molecular weight is 201 g/mol. The number of aromatic hydroxyl groups is 1. The molecule has 4 nitrogen and oxygen atoms in total. The second-order valence-corrected chi connectivity index (χ2v) is 3.37. The van der Waals surface area contributed by atoms with Crippen molar-refractivity contribution < 1.29 is 14.3 Å². The van der Waals surface area contributed by atoms with Crippen molar-refractivity contribution in [2.45, 2.75) is 0 Å². The first-order chi connectivity index (χ1) is 7.28. The summed E-state index contributed by atoms with van der Waals surface area (Å²) in [5, 5.41) is 11.0. The smallest absolute Gasteiger partial charge is 0.206 e. The number of aromatic amines is 1. The van der Waals surface area contributed by atoms with Gasteiger partial charge in [-0.15, -0.1) is 0 Å². The molecule has 0 amide bonds. The van der Waals surface area contributed by atoms with Crippen molar-refractivity contribution in [3.05, 3.63) is 30.0 Å². The maximum Gasteiger partial charge on any atom is 0.206 e. The number of hydrogen-bond donors (Lipinski definition) is 2. The van der Waals surface area contributed by atoms with Crippen molar-refractivity contribution in [1.29, 1.82) is 0 Å². The summed E-state index contributed by atoms with van der Waals surface area (Å²) in [6, 6.07) is 6.57. The fourth-order valence-corrected chi connectivity index (χ4v) is 1.73. The Hall–Kier alpha value is -2.23. The molecule has 0 saturated carbocycles. The van der Waals surface area contributed by atoms with Crippen LogP contribution in [0.5, 0.6) is 5.75 Å². The Morgan fingerprint density at radius 2 is 2.13 bits per heavy atom. The molecule has 2 heterocycles. The highest BCUT2D eigenvalue weighted by Gasteiger charge is 2.10. The van der Waals surface area contributed by atoms with Gasteiger partial charge in [0.15, 0.2) is 6.29 Å². The molecule has 0 radical (unpaired) electrons. The standard InChI is InChI=1S/C11H7NO3/c13-5-6-3-9-8-4-7(14)1-2-10(8)15-11(9)12-6/h1-5,12,14H. The third-order valence-electron chi connectivity index (χ3n) is 2.39. The van der Waals surface area contributed by atoms with Gasteiger partial charge in [-0.3, -0.25) is 4.79 Å². The number of carbonyl (C=O) groups excluding carboxylic acids is 1. The molecule has 3 aromatic rings. The number of H-pyrrole nitrogens is 1. The van der Waals surface area contributed by atoms with E-state index in [2.05, 4.69) is 4.98 Å². The number of fused-ring (bicyclic) bond motifs is 3. The predicted octanol–water partition coefficient (Wildman–Crippen LogP) is 2.43. The number of hydrogen-bond acceptors (Lipinski definition) is 3. The van der Waals surface area contributed by atoms with Crippen LogP contribution >= 0.6 is 0 Å². The number of benzene rings is 1. The van der Waals surface area contributed by atoms with Crippen molar-refractivity contribution in [2.24, 2.45) is 0 Å². The summed E-state index contributed by atoms with van der Waals surface area (Å²) in [5.41, 5.74) is 1.71. The summed E-state index contributed by atoms with van der Waals surface area (Å²) in [6.07, 6.45) is 0.726. The number of rotatable bonds is 1. The van der Waals surface area contributed by atoms with Crippen LogP contribution in [0.2, 0.25) is 0 Å². The maximum atomic E-state index is 10.6. The fraction of sp³-hybridized carbons (Fsp3) is 0. The lowest BCUT2D eigenvalue weighted by Gasteiger charge is -1.90. The van der Waals surface area contributed by atoms with E-state index in [0.29, 0.717) is 17.0 Å². The van der Waals surface area contributed by atoms with Crippen molar-refractivity contribution in [3.8, 4) is 5.75 Å². The number of nitrogens with one attached hydrogen (secondary N) is 1. The van der Waals surface area contributed by atoms with Gasteiger partial charge in [-0.1, -0.05) is 0 Å². The van der Waals surface area contributed by atoms with Crippen molar-refractivity contribution >= 4 is 28.4 Å². The van der Waals surface area contributed by atoms with E-state index < -0.39 is 0 Å². The number of furan rings is 1. The van der Waals surface area contributed by atoms with Gasteiger partial charge >= 0.3 is 0 Å². The fourth-order valence-electron chi connectivity index (χ4n) is 1.73. The molecule has 3 rings (SSSR count). The second-order valence-electron chi connectivity index (χ2n) is 3.37. The zero-order valence-corrected chi connectivity index (χ0v) is 7.65. The van der Waals surface area contributed by atoms with Gasteiger partial charge in [-0.05, 0) is 24.3 Å². The highest BCUT2D eigenvalue weighted by atomic mass is 16.3. The van der Waals surface area contributed by atoms with Crippen LogP contribution in [0.4, 0.5) is 0 Å². The molecule has 0 aliphatic heterocycles. The van der Waals surface area contributed by atoms with E-state index in [-0.39, 0.29) is 5.75 Å². The quantitative estimate of drug-likeness (QED) is 0.594. The van der Waals surface area contributed by atoms with Crippen LogP contribution < -0.4 is 0 Å². The number of carbonyl (C=O) groups is 1. The zero-order valence-electron chi connectivity index (χ0n) is 7.65. The van der Waals surface area contributed by atoms with E-state index in [0.717, 1.165) is 17.1 Å². The Morgan fingerprint density at radius 3 is 2.93 bits per heavy atom. The van der Waals surface area contributed by atoms with Crippen LogP contribution in [0, 0.1) is 0 Å². The molecule has 15 heavy (non-hydrogen) atoms. The molecular formula is C11H7NO3. The lowest BCUT2D eigenvalue weighted by molar-refractivity contribution is 0.111. The minimum Gasteiger partial charge on any atom is -0.508 e. The Morgan fingerprint density at radius 1 is 1.27 bits per heavy atom. The van der Waals surface area contributed by atoms with E-state index in [9.17, 15) is 9.90 Å². The molecule has 0 atom stereocenters. The Labute approximate surface area is 84.1 Å². The van der Waals surface area contributed by atoms with Gasteiger partial charge in [-0.25, -0.2) is 0 Å². The SMILES string of the molecule is O=Cc1cc2c([nH]1)oc1ccc(O)cc12. The van der Waals surface area contributed by atoms with E-state index in [1.54, 1.807) is 24.3 Å². The van der Waals surface area contributed by atoms with E-state index in [1.165, 1.54) is 0 Å². The summed E-state index contributed by atoms with van der Waals surface area (Å²) >= 11 is 0. The highest BCUT2D eigenvalue weighted by molar-refractivity contribution is 6.06. The predicted molar refractivity (Wildman–Crippen MR) is 55.1 cm³/mol. The Bertz CT molecular complexity index is 663. The highest BCUT2D eigenvalue weighted by Crippen LogP contribution is 2.30. The zero-order chi connectivity index (χ0) is 10.4. The summed E-state index contributed by atoms with van der Waals surface area (Å²) in [5.74, 6) is 0.180. The van der Waals surface area contributed by atoms with Crippen LogP contribution in [0.1, 0.15) is 10.5 Å². The van der Waals surface area contributed by atoms with Crippen molar-refractivity contribution in [2.75, 3.05) is 0 Å². The van der Waals surface area contributed by atoms with Crippen LogP contribution in [0.3, 0.4) is 0 Å². The topological polar surface area (TPSA) is 66.2 Å². The van der Waals surface area contributed by atoms with E-state index in [4.69, 9.17) is 4.42 Å². The third kappa shape index (κ3) is 1.05. The monoisotopic (exact) mass is 201 g/mol. The molecule has 2 aromatic heterocycles. The average Bonchev–Trinajstić information content (AvgIpc) is 2.75. The van der Waals surface area contributed by atoms with E-state index >= 15 is 0 Å². The molecular weight excluding hydrogens is 194 g/mol. The molecule has 0 bridgehead atoms. The number of phenolic OH excluding ortho intramolecular Hbond substituents is 1. The lowest BCUT2D eigenvalue weighted by Crippen LogP contribution is -1.74. The first kappa shape index (κ1) is 8.11. The van der Waals surface area contributed by atoms with Crippen molar-refractivity contribution in [3.63, 3.8) is 0 Å². The van der Waals surface area contributed by atoms with E-state index in [1.807, 2.05) is 0 Å². The second kappa shape index (κ2) is 2.63. The molecule has 0 aliphatic rings. The minimum absolute atomic E-state index is 0.180. The van der Waals surface area contributed by atoms with Gasteiger partial charge in [0.2, 0.25) is 5.71 Å². The molecule has 1 aromatic carbocycles. The van der Waals surface area contributed by atoms with Gasteiger partial charge in [-0.2, -0.15) is 0 Å². The Kier molecular flexibility index (Phi) is 1.42.